The average molecular weight is 278 g/mol. The molecule has 0 bridgehead atoms. The summed E-state index contributed by atoms with van der Waals surface area (Å²) >= 11 is 0. The molecule has 0 aliphatic heterocycles. The third-order valence-corrected chi connectivity index (χ3v) is 2.73. The van der Waals surface area contributed by atoms with Crippen molar-refractivity contribution < 1.29 is 19.5 Å². The van der Waals surface area contributed by atoms with Gasteiger partial charge in [0.2, 0.25) is 5.91 Å². The van der Waals surface area contributed by atoms with Crippen LogP contribution in [0.25, 0.3) is 0 Å². The van der Waals surface area contributed by atoms with Gasteiger partial charge in [-0.05, 0) is 24.1 Å². The van der Waals surface area contributed by atoms with Gasteiger partial charge < -0.3 is 15.7 Å². The molecule has 20 heavy (non-hydrogen) atoms. The normalized spacial score (nSPS) is 9.85. The Morgan fingerprint density at radius 1 is 1.10 bits per heavy atom. The summed E-state index contributed by atoms with van der Waals surface area (Å²) < 4.78 is 0. The van der Waals surface area contributed by atoms with Crippen molar-refractivity contribution >= 4 is 17.8 Å². The van der Waals surface area contributed by atoms with Gasteiger partial charge in [-0.1, -0.05) is 12.1 Å². The predicted octanol–water partition coefficient (Wildman–Crippen LogP) is 0.917. The molecule has 3 N–H and O–H groups in total. The highest BCUT2D eigenvalue weighted by Gasteiger charge is 2.05. The number of benzene rings is 1. The zero-order chi connectivity index (χ0) is 15.0. The van der Waals surface area contributed by atoms with Crippen molar-refractivity contribution in [2.24, 2.45) is 0 Å². The van der Waals surface area contributed by atoms with Crippen molar-refractivity contribution in [2.45, 2.75) is 25.8 Å². The van der Waals surface area contributed by atoms with E-state index in [0.717, 1.165) is 5.56 Å². The van der Waals surface area contributed by atoms with E-state index < -0.39 is 5.97 Å². The number of carboxylic acids is 1. The molecule has 0 aromatic heterocycles. The fraction of sp³-hybridized carbons (Fsp3) is 0.357. The lowest BCUT2D eigenvalue weighted by atomic mass is 10.1. The maximum Gasteiger partial charge on any atom is 0.303 e. The summed E-state index contributed by atoms with van der Waals surface area (Å²) in [6.45, 7) is 0.361. The number of hydrogen-bond acceptors (Lipinski definition) is 3. The minimum atomic E-state index is -0.900. The van der Waals surface area contributed by atoms with Crippen molar-refractivity contribution in [1.82, 2.24) is 10.6 Å². The Kier molecular flexibility index (Phi) is 6.22. The van der Waals surface area contributed by atoms with Gasteiger partial charge in [0.05, 0.1) is 0 Å². The second-order valence-corrected chi connectivity index (χ2v) is 4.30. The number of carboxylic acid groups (broad SMARTS) is 1. The van der Waals surface area contributed by atoms with Crippen LogP contribution in [0.2, 0.25) is 0 Å². The summed E-state index contributed by atoms with van der Waals surface area (Å²) in [6, 6.07) is 6.90. The second kappa shape index (κ2) is 7.93. The maximum atomic E-state index is 11.5. The highest BCUT2D eigenvalue weighted by Crippen LogP contribution is 2.04. The molecule has 6 heteroatoms. The Balaban J connectivity index is 2.36. The molecule has 1 aromatic rings. The van der Waals surface area contributed by atoms with E-state index in [1.54, 1.807) is 31.3 Å². The minimum Gasteiger partial charge on any atom is -0.481 e. The summed E-state index contributed by atoms with van der Waals surface area (Å²) in [6.07, 6.45) is 0.521. The molecule has 0 aliphatic rings. The van der Waals surface area contributed by atoms with E-state index in [4.69, 9.17) is 5.11 Å². The van der Waals surface area contributed by atoms with E-state index in [-0.39, 0.29) is 24.7 Å². The molecule has 108 valence electrons. The molecule has 0 atom stereocenters. The van der Waals surface area contributed by atoms with Crippen LogP contribution in [0.5, 0.6) is 0 Å². The van der Waals surface area contributed by atoms with Crippen LogP contribution in [-0.4, -0.2) is 29.9 Å². The minimum absolute atomic E-state index is 0.00571. The standard InChI is InChI=1S/C14H18N2O4/c1-15-14(20)11-7-5-10(6-8-11)9-16-12(17)3-2-4-13(18)19/h5-8H,2-4,9H2,1H3,(H,15,20)(H,16,17)(H,18,19). The summed E-state index contributed by atoms with van der Waals surface area (Å²) in [5.74, 6) is -1.24. The van der Waals surface area contributed by atoms with Crippen LogP contribution in [0.1, 0.15) is 35.2 Å². The number of rotatable bonds is 7. The Morgan fingerprint density at radius 2 is 1.75 bits per heavy atom. The van der Waals surface area contributed by atoms with Crippen molar-refractivity contribution in [3.05, 3.63) is 35.4 Å². The molecule has 0 saturated carbocycles. The van der Waals surface area contributed by atoms with E-state index >= 15 is 0 Å². The first-order valence-electron chi connectivity index (χ1n) is 6.32. The Hall–Kier alpha value is -2.37. The van der Waals surface area contributed by atoms with Crippen LogP contribution in [0.3, 0.4) is 0 Å². The van der Waals surface area contributed by atoms with Gasteiger partial charge >= 0.3 is 5.97 Å². The highest BCUT2D eigenvalue weighted by atomic mass is 16.4. The number of aliphatic carboxylic acids is 1. The molecule has 0 heterocycles. The lowest BCUT2D eigenvalue weighted by Gasteiger charge is -2.06. The van der Waals surface area contributed by atoms with Gasteiger partial charge in [0.1, 0.15) is 0 Å². The quantitative estimate of drug-likeness (QED) is 0.691. The Labute approximate surface area is 117 Å². The number of hydrogen-bond donors (Lipinski definition) is 3. The summed E-state index contributed by atoms with van der Waals surface area (Å²) in [5, 5.41) is 13.7. The summed E-state index contributed by atoms with van der Waals surface area (Å²) in [7, 11) is 1.56. The smallest absolute Gasteiger partial charge is 0.303 e. The molecular weight excluding hydrogens is 260 g/mol. The van der Waals surface area contributed by atoms with E-state index in [1.165, 1.54) is 0 Å². The Morgan fingerprint density at radius 3 is 2.30 bits per heavy atom. The van der Waals surface area contributed by atoms with Gasteiger partial charge in [0.15, 0.2) is 0 Å². The highest BCUT2D eigenvalue weighted by molar-refractivity contribution is 5.93. The number of carbonyl (C=O) groups is 3. The molecule has 0 spiro atoms. The molecule has 2 amide bonds. The number of nitrogens with one attached hydrogen (secondary N) is 2. The van der Waals surface area contributed by atoms with Crippen LogP contribution in [-0.2, 0) is 16.1 Å². The number of carbonyl (C=O) groups excluding carboxylic acids is 2. The second-order valence-electron chi connectivity index (χ2n) is 4.30. The summed E-state index contributed by atoms with van der Waals surface area (Å²) in [5.41, 5.74) is 1.44. The molecule has 1 aromatic carbocycles. The molecule has 0 aliphatic carbocycles. The van der Waals surface area contributed by atoms with Crippen LogP contribution in [0.15, 0.2) is 24.3 Å². The van der Waals surface area contributed by atoms with E-state index in [9.17, 15) is 14.4 Å². The Bertz CT molecular complexity index is 482. The lowest BCUT2D eigenvalue weighted by Crippen LogP contribution is -2.22. The molecule has 0 unspecified atom stereocenters. The van der Waals surface area contributed by atoms with Gasteiger partial charge in [-0.3, -0.25) is 14.4 Å². The first-order chi connectivity index (χ1) is 9.52. The van der Waals surface area contributed by atoms with Crippen molar-refractivity contribution in [3.63, 3.8) is 0 Å². The third-order valence-electron chi connectivity index (χ3n) is 2.73. The van der Waals surface area contributed by atoms with Gasteiger partial charge in [-0.25, -0.2) is 0 Å². The monoisotopic (exact) mass is 278 g/mol. The zero-order valence-corrected chi connectivity index (χ0v) is 11.3. The van der Waals surface area contributed by atoms with Crippen LogP contribution in [0, 0.1) is 0 Å². The van der Waals surface area contributed by atoms with E-state index in [2.05, 4.69) is 10.6 Å². The first kappa shape index (κ1) is 15.7. The SMILES string of the molecule is CNC(=O)c1ccc(CNC(=O)CCCC(=O)O)cc1. The first-order valence-corrected chi connectivity index (χ1v) is 6.32. The van der Waals surface area contributed by atoms with Crippen LogP contribution >= 0.6 is 0 Å². The van der Waals surface area contributed by atoms with Crippen LogP contribution < -0.4 is 10.6 Å². The fourth-order valence-electron chi connectivity index (χ4n) is 1.61. The average Bonchev–Trinajstić information content (AvgIpc) is 2.44. The third kappa shape index (κ3) is 5.51. The van der Waals surface area contributed by atoms with Gasteiger partial charge in [-0.15, -0.1) is 0 Å². The van der Waals surface area contributed by atoms with E-state index in [0.29, 0.717) is 18.5 Å². The van der Waals surface area contributed by atoms with E-state index in [1.807, 2.05) is 0 Å². The molecule has 1 rings (SSSR count). The predicted molar refractivity (Wildman–Crippen MR) is 73.2 cm³/mol. The van der Waals surface area contributed by atoms with Gasteiger partial charge in [0.25, 0.3) is 5.91 Å². The van der Waals surface area contributed by atoms with Crippen molar-refractivity contribution in [1.29, 1.82) is 0 Å². The topological polar surface area (TPSA) is 95.5 Å². The zero-order valence-electron chi connectivity index (χ0n) is 11.3. The largest absolute Gasteiger partial charge is 0.481 e. The molecule has 0 saturated heterocycles. The lowest BCUT2D eigenvalue weighted by molar-refractivity contribution is -0.137. The maximum absolute atomic E-state index is 11.5. The number of amides is 2. The van der Waals surface area contributed by atoms with Crippen molar-refractivity contribution in [3.8, 4) is 0 Å². The van der Waals surface area contributed by atoms with Crippen LogP contribution in [0.4, 0.5) is 0 Å². The molecule has 0 fully saturated rings. The van der Waals surface area contributed by atoms with Gasteiger partial charge in [-0.2, -0.15) is 0 Å². The van der Waals surface area contributed by atoms with Crippen molar-refractivity contribution in [2.75, 3.05) is 7.05 Å². The molecule has 6 nitrogen and oxygen atoms in total. The fourth-order valence-corrected chi connectivity index (χ4v) is 1.61. The molecule has 0 radical (unpaired) electrons. The van der Waals surface area contributed by atoms with Gasteiger partial charge in [0, 0.05) is 32.0 Å². The molecular formula is C14H18N2O4. The summed E-state index contributed by atoms with van der Waals surface area (Å²) in [4.78, 5) is 33.1.